The lowest BCUT2D eigenvalue weighted by Crippen LogP contribution is -2.32. The lowest BCUT2D eigenvalue weighted by atomic mass is 10.2. The van der Waals surface area contributed by atoms with Crippen molar-refractivity contribution in [3.63, 3.8) is 0 Å². The predicted molar refractivity (Wildman–Crippen MR) is 81.5 cm³/mol. The van der Waals surface area contributed by atoms with E-state index in [4.69, 9.17) is 0 Å². The highest BCUT2D eigenvalue weighted by Gasteiger charge is 2.23. The van der Waals surface area contributed by atoms with Crippen LogP contribution < -0.4 is 10.0 Å². The first-order valence-corrected chi connectivity index (χ1v) is 9.39. The molecule has 22 heavy (non-hydrogen) atoms. The normalized spacial score (nSPS) is 17.5. The number of carbonyl (C=O) groups excluding carboxylic acids is 1. The van der Waals surface area contributed by atoms with Crippen molar-refractivity contribution in [2.45, 2.75) is 51.1 Å². The number of hydrogen-bond acceptors (Lipinski definition) is 5. The Hall–Kier alpha value is -1.48. The van der Waals surface area contributed by atoms with Gasteiger partial charge in [0.2, 0.25) is 15.9 Å². The van der Waals surface area contributed by atoms with Gasteiger partial charge < -0.3 is 9.88 Å². The molecule has 1 aromatic heterocycles. The summed E-state index contributed by atoms with van der Waals surface area (Å²) in [6.45, 7) is 1.95. The minimum atomic E-state index is -3.27. The zero-order valence-corrected chi connectivity index (χ0v) is 13.8. The summed E-state index contributed by atoms with van der Waals surface area (Å²) in [5.74, 6) is 0.529. The van der Waals surface area contributed by atoms with E-state index in [0.717, 1.165) is 24.9 Å². The molecule has 1 fully saturated rings. The van der Waals surface area contributed by atoms with Gasteiger partial charge in [0.05, 0.1) is 12.3 Å². The molecule has 0 saturated heterocycles. The Morgan fingerprint density at radius 1 is 1.45 bits per heavy atom. The van der Waals surface area contributed by atoms with Crippen LogP contribution in [0, 0.1) is 0 Å². The first-order chi connectivity index (χ1) is 10.4. The maximum absolute atomic E-state index is 11.9. The van der Waals surface area contributed by atoms with E-state index in [2.05, 4.69) is 20.2 Å². The van der Waals surface area contributed by atoms with Crippen molar-refractivity contribution in [3.8, 4) is 0 Å². The van der Waals surface area contributed by atoms with Gasteiger partial charge in [0, 0.05) is 19.0 Å². The number of aromatic nitrogens is 3. The van der Waals surface area contributed by atoms with Gasteiger partial charge in [-0.2, -0.15) is 0 Å². The van der Waals surface area contributed by atoms with E-state index in [0.29, 0.717) is 6.04 Å². The number of nitrogens with zero attached hydrogens (tertiary/aromatic N) is 3. The number of carbonyl (C=O) groups is 1. The molecule has 2 rings (SSSR count). The molecule has 1 atom stereocenters. The minimum Gasteiger partial charge on any atom is -0.346 e. The van der Waals surface area contributed by atoms with Crippen LogP contribution in [0.2, 0.25) is 0 Å². The lowest BCUT2D eigenvalue weighted by molar-refractivity contribution is -0.121. The maximum atomic E-state index is 11.9. The van der Waals surface area contributed by atoms with Gasteiger partial charge in [-0.15, -0.1) is 10.2 Å². The van der Waals surface area contributed by atoms with Gasteiger partial charge in [0.15, 0.2) is 5.82 Å². The Balaban J connectivity index is 1.88. The summed E-state index contributed by atoms with van der Waals surface area (Å²) in [6.07, 6.45) is 7.53. The van der Waals surface area contributed by atoms with Gasteiger partial charge in [-0.25, -0.2) is 13.1 Å². The molecule has 2 N–H and O–H groups in total. The molecule has 9 heteroatoms. The van der Waals surface area contributed by atoms with Crippen molar-refractivity contribution in [3.05, 3.63) is 12.2 Å². The van der Waals surface area contributed by atoms with E-state index in [9.17, 15) is 13.2 Å². The van der Waals surface area contributed by atoms with Crippen LogP contribution in [0.5, 0.6) is 0 Å². The molecule has 0 spiro atoms. The largest absolute Gasteiger partial charge is 0.346 e. The van der Waals surface area contributed by atoms with Crippen molar-refractivity contribution >= 4 is 15.9 Å². The maximum Gasteiger partial charge on any atom is 0.221 e. The third-order valence-electron chi connectivity index (χ3n) is 3.80. The molecular formula is C13H23N5O3S. The molecule has 1 aliphatic rings. The van der Waals surface area contributed by atoms with Gasteiger partial charge in [0.1, 0.15) is 6.33 Å². The Kier molecular flexibility index (Phi) is 5.52. The summed E-state index contributed by atoms with van der Waals surface area (Å²) in [7, 11) is -3.27. The SMILES string of the molecule is C[C@H](NC(=O)CCNS(C)(=O)=O)c1nncn1C1CCCC1. The third-order valence-corrected chi connectivity index (χ3v) is 4.53. The van der Waals surface area contributed by atoms with Gasteiger partial charge in [-0.3, -0.25) is 4.79 Å². The fourth-order valence-electron chi connectivity index (χ4n) is 2.75. The van der Waals surface area contributed by atoms with Crippen molar-refractivity contribution in [1.29, 1.82) is 0 Å². The van der Waals surface area contributed by atoms with E-state index in [-0.39, 0.29) is 24.9 Å². The number of rotatable bonds is 7. The number of nitrogens with one attached hydrogen (secondary N) is 2. The molecule has 0 aromatic carbocycles. The summed E-state index contributed by atoms with van der Waals surface area (Å²) in [4.78, 5) is 11.9. The summed E-state index contributed by atoms with van der Waals surface area (Å²) >= 11 is 0. The van der Waals surface area contributed by atoms with E-state index in [1.54, 1.807) is 6.33 Å². The molecule has 1 saturated carbocycles. The van der Waals surface area contributed by atoms with Crippen molar-refractivity contribution < 1.29 is 13.2 Å². The second-order valence-corrected chi connectivity index (χ2v) is 7.57. The lowest BCUT2D eigenvalue weighted by Gasteiger charge is -2.18. The molecule has 0 radical (unpaired) electrons. The fourth-order valence-corrected chi connectivity index (χ4v) is 3.23. The summed E-state index contributed by atoms with van der Waals surface area (Å²) in [5, 5.41) is 10.9. The van der Waals surface area contributed by atoms with Gasteiger partial charge in [-0.05, 0) is 19.8 Å². The molecule has 0 bridgehead atoms. The average Bonchev–Trinajstić information content (AvgIpc) is 3.08. The highest BCUT2D eigenvalue weighted by Crippen LogP contribution is 2.31. The van der Waals surface area contributed by atoms with Crippen LogP contribution in [0.3, 0.4) is 0 Å². The molecule has 0 unspecified atom stereocenters. The Labute approximate surface area is 130 Å². The first kappa shape index (κ1) is 16.9. The Bertz CT molecular complexity index is 607. The molecule has 124 valence electrons. The molecule has 0 aliphatic heterocycles. The Morgan fingerprint density at radius 2 is 2.14 bits per heavy atom. The van der Waals surface area contributed by atoms with E-state index in [1.165, 1.54) is 12.8 Å². The highest BCUT2D eigenvalue weighted by molar-refractivity contribution is 7.88. The van der Waals surface area contributed by atoms with Gasteiger partial charge in [0.25, 0.3) is 0 Å². The summed E-state index contributed by atoms with van der Waals surface area (Å²) < 4.78 is 26.2. The van der Waals surface area contributed by atoms with Crippen molar-refractivity contribution in [2.75, 3.05) is 12.8 Å². The third kappa shape index (κ3) is 4.77. The number of hydrogen-bond donors (Lipinski definition) is 2. The van der Waals surface area contributed by atoms with E-state index in [1.807, 2.05) is 11.5 Å². The van der Waals surface area contributed by atoms with Crippen LogP contribution in [0.15, 0.2) is 6.33 Å². The molecular weight excluding hydrogens is 306 g/mol. The zero-order valence-electron chi connectivity index (χ0n) is 12.9. The van der Waals surface area contributed by atoms with Crippen LogP contribution >= 0.6 is 0 Å². The average molecular weight is 329 g/mol. The van der Waals surface area contributed by atoms with E-state index < -0.39 is 10.0 Å². The van der Waals surface area contributed by atoms with Gasteiger partial charge in [-0.1, -0.05) is 12.8 Å². The fraction of sp³-hybridized carbons (Fsp3) is 0.769. The molecule has 8 nitrogen and oxygen atoms in total. The zero-order chi connectivity index (χ0) is 16.2. The van der Waals surface area contributed by atoms with Crippen LogP contribution in [0.25, 0.3) is 0 Å². The second-order valence-electron chi connectivity index (χ2n) is 5.74. The minimum absolute atomic E-state index is 0.0900. The monoisotopic (exact) mass is 329 g/mol. The van der Waals surface area contributed by atoms with Crippen LogP contribution in [-0.4, -0.2) is 41.9 Å². The molecule has 1 amide bonds. The first-order valence-electron chi connectivity index (χ1n) is 7.50. The topological polar surface area (TPSA) is 106 Å². The summed E-state index contributed by atoms with van der Waals surface area (Å²) in [6, 6.07) is 0.157. The van der Waals surface area contributed by atoms with E-state index >= 15 is 0 Å². The van der Waals surface area contributed by atoms with Crippen LogP contribution in [0.4, 0.5) is 0 Å². The molecule has 1 aromatic rings. The predicted octanol–water partition coefficient (Wildman–Crippen LogP) is 0.510. The standard InChI is InChI=1S/C13H23N5O3S/c1-10(16-12(19)7-8-15-22(2,20)21)13-17-14-9-18(13)11-5-3-4-6-11/h9-11,15H,3-8H2,1-2H3,(H,16,19)/t10-/m0/s1. The number of sulfonamides is 1. The Morgan fingerprint density at radius 3 is 2.77 bits per heavy atom. The quantitative estimate of drug-likeness (QED) is 0.758. The number of amides is 1. The smallest absolute Gasteiger partial charge is 0.221 e. The highest BCUT2D eigenvalue weighted by atomic mass is 32.2. The summed E-state index contributed by atoms with van der Waals surface area (Å²) in [5.41, 5.74) is 0. The second kappa shape index (κ2) is 7.19. The molecule has 1 aliphatic carbocycles. The van der Waals surface area contributed by atoms with Crippen molar-refractivity contribution in [1.82, 2.24) is 24.8 Å². The van der Waals surface area contributed by atoms with Crippen LogP contribution in [0.1, 0.15) is 56.9 Å². The molecule has 1 heterocycles. The van der Waals surface area contributed by atoms with Crippen molar-refractivity contribution in [2.24, 2.45) is 0 Å². The van der Waals surface area contributed by atoms with Crippen LogP contribution in [-0.2, 0) is 14.8 Å². The van der Waals surface area contributed by atoms with Gasteiger partial charge >= 0.3 is 0 Å².